The summed E-state index contributed by atoms with van der Waals surface area (Å²) in [6, 6.07) is 10.4. The summed E-state index contributed by atoms with van der Waals surface area (Å²) < 4.78 is 2.13. The zero-order chi connectivity index (χ0) is 15.3. The Kier molecular flexibility index (Phi) is 2.92. The Morgan fingerprint density at radius 2 is 1.91 bits per heavy atom. The van der Waals surface area contributed by atoms with Crippen LogP contribution in [0, 0.1) is 0 Å². The van der Waals surface area contributed by atoms with E-state index in [-0.39, 0.29) is 11.3 Å². The van der Waals surface area contributed by atoms with Crippen LogP contribution in [0.15, 0.2) is 53.6 Å². The van der Waals surface area contributed by atoms with Crippen LogP contribution in [0.5, 0.6) is 5.75 Å². The SMILES string of the molecule is O=c1c2sc3nccc(O)c3c2ccn1-c1ccc(Cl)cc1. The maximum absolute atomic E-state index is 12.7. The summed E-state index contributed by atoms with van der Waals surface area (Å²) in [5.41, 5.74) is 0.605. The number of hydrogen-bond donors (Lipinski definition) is 1. The molecular formula is C16H9ClN2O2S. The number of pyridine rings is 2. The van der Waals surface area contributed by atoms with Gasteiger partial charge < -0.3 is 5.11 Å². The highest BCUT2D eigenvalue weighted by Crippen LogP contribution is 2.35. The van der Waals surface area contributed by atoms with Gasteiger partial charge in [0.15, 0.2) is 0 Å². The van der Waals surface area contributed by atoms with Gasteiger partial charge in [0.05, 0.1) is 5.39 Å². The van der Waals surface area contributed by atoms with Gasteiger partial charge in [0.1, 0.15) is 15.3 Å². The number of aromatic nitrogens is 2. The summed E-state index contributed by atoms with van der Waals surface area (Å²) in [6.07, 6.45) is 3.23. The van der Waals surface area contributed by atoms with Crippen molar-refractivity contribution < 1.29 is 5.11 Å². The number of rotatable bonds is 1. The molecule has 0 fully saturated rings. The van der Waals surface area contributed by atoms with Crippen LogP contribution >= 0.6 is 22.9 Å². The second kappa shape index (κ2) is 4.83. The molecule has 0 aliphatic carbocycles. The Balaban J connectivity index is 2.06. The number of hydrogen-bond acceptors (Lipinski definition) is 4. The molecule has 0 amide bonds. The number of benzene rings is 1. The van der Waals surface area contributed by atoms with Crippen molar-refractivity contribution in [3.8, 4) is 11.4 Å². The van der Waals surface area contributed by atoms with Crippen molar-refractivity contribution in [3.05, 3.63) is 64.2 Å². The van der Waals surface area contributed by atoms with Crippen LogP contribution in [0.4, 0.5) is 0 Å². The van der Waals surface area contributed by atoms with Crippen LogP contribution in [0.3, 0.4) is 0 Å². The zero-order valence-electron chi connectivity index (χ0n) is 11.2. The molecule has 0 unspecified atom stereocenters. The molecule has 0 aliphatic rings. The second-order valence-corrected chi connectivity index (χ2v) is 6.26. The maximum Gasteiger partial charge on any atom is 0.273 e. The van der Waals surface area contributed by atoms with Crippen molar-refractivity contribution in [1.29, 1.82) is 0 Å². The van der Waals surface area contributed by atoms with E-state index in [1.165, 1.54) is 23.6 Å². The van der Waals surface area contributed by atoms with Crippen LogP contribution in [0.2, 0.25) is 5.02 Å². The quantitative estimate of drug-likeness (QED) is 0.575. The lowest BCUT2D eigenvalue weighted by molar-refractivity contribution is 0.481. The van der Waals surface area contributed by atoms with Gasteiger partial charge in [0.25, 0.3) is 5.56 Å². The van der Waals surface area contributed by atoms with Gasteiger partial charge in [-0.25, -0.2) is 4.98 Å². The fourth-order valence-electron chi connectivity index (χ4n) is 2.48. The fraction of sp³-hybridized carbons (Fsp3) is 0. The van der Waals surface area contributed by atoms with E-state index in [0.29, 0.717) is 19.9 Å². The zero-order valence-corrected chi connectivity index (χ0v) is 12.7. The predicted octanol–water partition coefficient (Wildman–Crippen LogP) is 3.96. The summed E-state index contributed by atoms with van der Waals surface area (Å²) in [5, 5.41) is 12.0. The Hall–Kier alpha value is -2.37. The summed E-state index contributed by atoms with van der Waals surface area (Å²) in [7, 11) is 0. The van der Waals surface area contributed by atoms with Gasteiger partial charge in [-0.15, -0.1) is 11.3 Å². The molecular weight excluding hydrogens is 320 g/mol. The third-order valence-corrected chi connectivity index (χ3v) is 4.87. The first-order valence-corrected chi connectivity index (χ1v) is 7.72. The van der Waals surface area contributed by atoms with Crippen molar-refractivity contribution in [2.45, 2.75) is 0 Å². The molecule has 1 aromatic carbocycles. The van der Waals surface area contributed by atoms with Gasteiger partial charge >= 0.3 is 0 Å². The van der Waals surface area contributed by atoms with E-state index in [2.05, 4.69) is 4.98 Å². The Morgan fingerprint density at radius 1 is 1.14 bits per heavy atom. The summed E-state index contributed by atoms with van der Waals surface area (Å²) in [4.78, 5) is 17.6. The predicted molar refractivity (Wildman–Crippen MR) is 89.4 cm³/mol. The topological polar surface area (TPSA) is 55.1 Å². The summed E-state index contributed by atoms with van der Waals surface area (Å²) >= 11 is 7.17. The molecule has 1 N–H and O–H groups in total. The molecule has 0 aliphatic heterocycles. The Labute approximate surface area is 133 Å². The molecule has 4 aromatic rings. The van der Waals surface area contributed by atoms with E-state index < -0.39 is 0 Å². The van der Waals surface area contributed by atoms with Crippen molar-refractivity contribution in [2.24, 2.45) is 0 Å². The lowest BCUT2D eigenvalue weighted by Gasteiger charge is -2.05. The maximum atomic E-state index is 12.7. The minimum Gasteiger partial charge on any atom is -0.507 e. The molecule has 0 saturated heterocycles. The summed E-state index contributed by atoms with van der Waals surface area (Å²) in [5.74, 6) is 0.139. The fourth-order valence-corrected chi connectivity index (χ4v) is 3.69. The Morgan fingerprint density at radius 3 is 2.68 bits per heavy atom. The van der Waals surface area contributed by atoms with Crippen molar-refractivity contribution in [1.82, 2.24) is 9.55 Å². The number of thiophene rings is 1. The number of aromatic hydroxyl groups is 1. The van der Waals surface area contributed by atoms with E-state index >= 15 is 0 Å². The molecule has 0 atom stereocenters. The lowest BCUT2D eigenvalue weighted by atomic mass is 10.2. The smallest absolute Gasteiger partial charge is 0.273 e. The third-order valence-electron chi connectivity index (χ3n) is 3.52. The number of halogens is 1. The standard InChI is InChI=1S/C16H9ClN2O2S/c17-9-1-3-10(4-2-9)19-8-6-11-13-12(20)5-7-18-15(13)22-14(11)16(19)21/h1-8H,(H,18,20). The number of fused-ring (bicyclic) bond motifs is 3. The van der Waals surface area contributed by atoms with E-state index in [0.717, 1.165) is 11.1 Å². The van der Waals surface area contributed by atoms with Crippen LogP contribution in [-0.2, 0) is 0 Å². The molecule has 0 radical (unpaired) electrons. The highest BCUT2D eigenvalue weighted by Gasteiger charge is 2.14. The number of nitrogens with zero attached hydrogens (tertiary/aromatic N) is 2. The van der Waals surface area contributed by atoms with E-state index in [4.69, 9.17) is 11.6 Å². The average molecular weight is 329 g/mol. The van der Waals surface area contributed by atoms with Gasteiger partial charge in [0, 0.05) is 28.5 Å². The normalized spacial score (nSPS) is 11.3. The Bertz CT molecular complexity index is 1070. The molecule has 0 saturated carbocycles. The third kappa shape index (κ3) is 1.90. The first-order chi connectivity index (χ1) is 10.6. The van der Waals surface area contributed by atoms with E-state index in [9.17, 15) is 9.90 Å². The van der Waals surface area contributed by atoms with Crippen LogP contribution < -0.4 is 5.56 Å². The van der Waals surface area contributed by atoms with Crippen LogP contribution in [-0.4, -0.2) is 14.7 Å². The van der Waals surface area contributed by atoms with Gasteiger partial charge in [-0.3, -0.25) is 9.36 Å². The van der Waals surface area contributed by atoms with E-state index in [1.807, 2.05) is 6.07 Å². The first-order valence-electron chi connectivity index (χ1n) is 6.53. The molecule has 22 heavy (non-hydrogen) atoms. The van der Waals surface area contributed by atoms with Crippen LogP contribution in [0.25, 0.3) is 26.0 Å². The highest BCUT2D eigenvalue weighted by molar-refractivity contribution is 7.25. The largest absolute Gasteiger partial charge is 0.507 e. The second-order valence-electron chi connectivity index (χ2n) is 4.82. The highest BCUT2D eigenvalue weighted by atomic mass is 35.5. The van der Waals surface area contributed by atoms with Crippen LogP contribution in [0.1, 0.15) is 0 Å². The monoisotopic (exact) mass is 328 g/mol. The molecule has 3 heterocycles. The van der Waals surface area contributed by atoms with Gasteiger partial charge in [0.2, 0.25) is 0 Å². The lowest BCUT2D eigenvalue weighted by Crippen LogP contribution is -2.16. The van der Waals surface area contributed by atoms with Gasteiger partial charge in [-0.2, -0.15) is 0 Å². The molecule has 3 aromatic heterocycles. The molecule has 6 heteroatoms. The van der Waals surface area contributed by atoms with Crippen molar-refractivity contribution in [2.75, 3.05) is 0 Å². The first kappa shape index (κ1) is 13.3. The van der Waals surface area contributed by atoms with Crippen molar-refractivity contribution >= 4 is 43.2 Å². The molecule has 108 valence electrons. The van der Waals surface area contributed by atoms with E-state index in [1.54, 1.807) is 35.0 Å². The molecule has 0 bridgehead atoms. The average Bonchev–Trinajstić information content (AvgIpc) is 2.90. The minimum absolute atomic E-state index is 0.137. The minimum atomic E-state index is -0.137. The summed E-state index contributed by atoms with van der Waals surface area (Å²) in [6.45, 7) is 0. The molecule has 4 nitrogen and oxygen atoms in total. The van der Waals surface area contributed by atoms with Gasteiger partial charge in [-0.1, -0.05) is 11.6 Å². The van der Waals surface area contributed by atoms with Crippen molar-refractivity contribution in [3.63, 3.8) is 0 Å². The van der Waals surface area contributed by atoms with Gasteiger partial charge in [-0.05, 0) is 36.4 Å². The molecule has 0 spiro atoms. The molecule has 4 rings (SSSR count).